The van der Waals surface area contributed by atoms with Crippen LogP contribution >= 0.6 is 0 Å². The molecule has 1 aliphatic heterocycles. The number of ether oxygens (including phenoxy) is 1. The van der Waals surface area contributed by atoms with Crippen molar-refractivity contribution < 1.29 is 48.4 Å². The van der Waals surface area contributed by atoms with Gasteiger partial charge in [-0.2, -0.15) is 0 Å². The number of carbonyl (C=O) groups excluding carboxylic acids is 1. The lowest BCUT2D eigenvalue weighted by atomic mass is 10.0. The predicted octanol–water partition coefficient (Wildman–Crippen LogP) is -2.00. The smallest absolute Gasteiger partial charge is 0.262 e. The molecule has 2 aromatic rings. The molecule has 2 aromatic carbocycles. The Morgan fingerprint density at radius 1 is 1.00 bits per heavy atom. The molecule has 0 bridgehead atoms. The summed E-state index contributed by atoms with van der Waals surface area (Å²) in [7, 11) is -3.33. The molecule has 34 heavy (non-hydrogen) atoms. The van der Waals surface area contributed by atoms with Crippen molar-refractivity contribution in [3.05, 3.63) is 60.3 Å². The number of halogens is 1. The van der Waals surface area contributed by atoms with E-state index in [4.69, 9.17) is 23.4 Å². The molecule has 1 heterocycles. The number of amides is 1. The fraction of sp³-hybridized carbons (Fsp3) is 0.348. The number of phenols is 1. The lowest BCUT2D eigenvalue weighted by Gasteiger charge is -2.53. The first kappa shape index (κ1) is 27.4. The Morgan fingerprint density at radius 2 is 1.53 bits per heavy atom. The van der Waals surface area contributed by atoms with Crippen molar-refractivity contribution in [2.75, 3.05) is 30.0 Å². The van der Waals surface area contributed by atoms with Gasteiger partial charge in [-0.1, -0.05) is 12.1 Å². The normalized spacial score (nSPS) is 18.4. The molecule has 1 atom stereocenters. The molecule has 1 aliphatic rings. The summed E-state index contributed by atoms with van der Waals surface area (Å²) in [6, 6.07) is 14.7. The third-order valence-corrected chi connectivity index (χ3v) is 5.73. The van der Waals surface area contributed by atoms with Gasteiger partial charge in [0.05, 0.1) is 25.9 Å². The lowest BCUT2D eigenvalue weighted by molar-refractivity contribution is -2.00. The number of carbonyl (C=O) groups is 1. The number of hydrogen-bond donors (Lipinski definition) is 2. The van der Waals surface area contributed by atoms with E-state index in [0.29, 0.717) is 5.75 Å². The van der Waals surface area contributed by atoms with E-state index in [9.17, 15) is 9.90 Å². The maximum atomic E-state index is 13.4. The topological polar surface area (TPSA) is 150 Å². The summed E-state index contributed by atoms with van der Waals surface area (Å²) in [5, 5.41) is 9.77. The van der Waals surface area contributed by atoms with Crippen molar-refractivity contribution in [1.82, 2.24) is 0 Å². The van der Waals surface area contributed by atoms with Crippen LogP contribution in [0.4, 0.5) is 11.4 Å². The SMILES string of the molecule is CC[NH+](CC)C1(C)N(c2ccc(O)cc2)C(C)=CC(=O)N1c1ccccc1OC.[O-][Cl+3]([O-])([O-])[O-]. The van der Waals surface area contributed by atoms with E-state index in [2.05, 4.69) is 25.7 Å². The van der Waals surface area contributed by atoms with Crippen molar-refractivity contribution in [3.8, 4) is 11.5 Å². The molecular weight excluding hydrogens is 466 g/mol. The zero-order chi connectivity index (χ0) is 25.7. The lowest BCUT2D eigenvalue weighted by Crippen LogP contribution is -3.24. The van der Waals surface area contributed by atoms with E-state index in [1.54, 1.807) is 25.3 Å². The fourth-order valence-corrected chi connectivity index (χ4v) is 4.43. The molecule has 0 aliphatic carbocycles. The Balaban J connectivity index is 0.000000739. The van der Waals surface area contributed by atoms with Gasteiger partial charge in [0, 0.05) is 24.4 Å². The third kappa shape index (κ3) is 5.98. The quantitative estimate of drug-likeness (QED) is 0.467. The number of para-hydroxylation sites is 2. The highest BCUT2D eigenvalue weighted by atomic mass is 35.7. The largest absolute Gasteiger partial charge is 0.508 e. The average molecular weight is 496 g/mol. The van der Waals surface area contributed by atoms with Crippen LogP contribution < -0.4 is 38.1 Å². The minimum absolute atomic E-state index is 0.0797. The number of methoxy groups -OCH3 is 1. The Bertz CT molecular complexity index is 1000. The standard InChI is InChI=1S/C23H29N3O3.ClHO4/c1-6-24(7-2)23(4)25(18-12-14-19(27)15-13-18)17(3)16-22(28)26(23)20-10-8-9-11-21(20)29-5;2-1(3,4)5/h8-16,27H,6-7H2,1-5H3;(H,2,3,4,5). The Hall–Kier alpha value is -2.86. The molecule has 11 heteroatoms. The zero-order valence-corrected chi connectivity index (χ0v) is 20.5. The Labute approximate surface area is 201 Å². The van der Waals surface area contributed by atoms with Gasteiger partial charge < -0.3 is 9.84 Å². The summed E-state index contributed by atoms with van der Waals surface area (Å²) in [6.07, 6.45) is 1.66. The van der Waals surface area contributed by atoms with E-state index in [0.717, 1.165) is 30.2 Å². The van der Waals surface area contributed by atoms with Gasteiger partial charge in [0.25, 0.3) is 11.7 Å². The van der Waals surface area contributed by atoms with Crippen molar-refractivity contribution in [2.45, 2.75) is 33.5 Å². The molecule has 2 N–H and O–H groups in total. The summed E-state index contributed by atoms with van der Waals surface area (Å²) >= 11 is 0. The van der Waals surface area contributed by atoms with Gasteiger partial charge in [-0.3, -0.25) is 14.6 Å². The predicted molar refractivity (Wildman–Crippen MR) is 115 cm³/mol. The number of benzene rings is 2. The summed E-state index contributed by atoms with van der Waals surface area (Å²) in [5.41, 5.74) is 2.49. The minimum atomic E-state index is -4.94. The van der Waals surface area contributed by atoms with Crippen LogP contribution in [0, 0.1) is 10.2 Å². The second kappa shape index (κ2) is 11.0. The van der Waals surface area contributed by atoms with E-state index in [1.165, 1.54) is 4.90 Å². The van der Waals surface area contributed by atoms with E-state index < -0.39 is 16.0 Å². The summed E-state index contributed by atoms with van der Waals surface area (Å²) in [5.74, 6) is 0.0495. The number of hydrogen-bond acceptors (Lipinski definition) is 8. The molecule has 3 rings (SSSR count). The van der Waals surface area contributed by atoms with Crippen LogP contribution in [0.5, 0.6) is 11.5 Å². The fourth-order valence-electron chi connectivity index (χ4n) is 4.43. The zero-order valence-electron chi connectivity index (χ0n) is 19.8. The molecule has 1 amide bonds. The number of quaternary nitrogens is 1. The first-order valence-corrected chi connectivity index (χ1v) is 11.8. The third-order valence-electron chi connectivity index (χ3n) is 5.73. The molecule has 0 saturated heterocycles. The molecule has 0 radical (unpaired) electrons. The van der Waals surface area contributed by atoms with Gasteiger partial charge in [-0.25, -0.2) is 23.5 Å². The molecule has 1 unspecified atom stereocenters. The first-order chi connectivity index (χ1) is 15.9. The molecule has 186 valence electrons. The van der Waals surface area contributed by atoms with Crippen LogP contribution in [0.25, 0.3) is 0 Å². The highest BCUT2D eigenvalue weighted by Gasteiger charge is 2.53. The maximum absolute atomic E-state index is 13.4. The first-order valence-electron chi connectivity index (χ1n) is 10.6. The van der Waals surface area contributed by atoms with Crippen molar-refractivity contribution in [2.24, 2.45) is 0 Å². The number of allylic oxidation sites excluding steroid dienone is 1. The summed E-state index contributed by atoms with van der Waals surface area (Å²) in [6.45, 7) is 9.94. The van der Waals surface area contributed by atoms with Gasteiger partial charge in [-0.05, 0) is 57.2 Å². The second-order valence-electron chi connectivity index (χ2n) is 7.69. The number of anilines is 2. The molecule has 0 fully saturated rings. The minimum Gasteiger partial charge on any atom is -0.508 e. The molecule has 0 aromatic heterocycles. The number of rotatable bonds is 6. The highest BCUT2D eigenvalue weighted by molar-refractivity contribution is 6.06. The molecule has 0 spiro atoms. The molecular formula is C23H30ClN3O7. The van der Waals surface area contributed by atoms with Crippen molar-refractivity contribution >= 4 is 17.3 Å². The summed E-state index contributed by atoms with van der Waals surface area (Å²) in [4.78, 5) is 18.6. The summed E-state index contributed by atoms with van der Waals surface area (Å²) < 4.78 is 39.6. The van der Waals surface area contributed by atoms with Crippen molar-refractivity contribution in [3.63, 3.8) is 0 Å². The van der Waals surface area contributed by atoms with E-state index >= 15 is 0 Å². The van der Waals surface area contributed by atoms with Gasteiger partial charge in [-0.15, -0.1) is 10.2 Å². The molecule has 10 nitrogen and oxygen atoms in total. The van der Waals surface area contributed by atoms with E-state index in [1.807, 2.05) is 48.2 Å². The van der Waals surface area contributed by atoms with E-state index in [-0.39, 0.29) is 11.7 Å². The number of aromatic hydroxyl groups is 1. The monoisotopic (exact) mass is 495 g/mol. The van der Waals surface area contributed by atoms with Crippen LogP contribution in [0.2, 0.25) is 0 Å². The number of phenolic OH excluding ortho intramolecular Hbond substituents is 1. The second-order valence-corrected chi connectivity index (χ2v) is 8.45. The van der Waals surface area contributed by atoms with Crippen LogP contribution in [0.3, 0.4) is 0 Å². The Morgan fingerprint density at radius 3 is 2.03 bits per heavy atom. The highest BCUT2D eigenvalue weighted by Crippen LogP contribution is 2.39. The van der Waals surface area contributed by atoms with Gasteiger partial charge in [0.2, 0.25) is 0 Å². The Kier molecular flexibility index (Phi) is 8.89. The number of nitrogens with one attached hydrogen (secondary N) is 1. The number of nitrogens with zero attached hydrogens (tertiary/aromatic N) is 2. The molecule has 0 saturated carbocycles. The van der Waals surface area contributed by atoms with Gasteiger partial charge in [0.15, 0.2) is 0 Å². The van der Waals surface area contributed by atoms with Crippen LogP contribution in [0.15, 0.2) is 60.3 Å². The average Bonchev–Trinajstić information content (AvgIpc) is 2.74. The van der Waals surface area contributed by atoms with Gasteiger partial charge in [0.1, 0.15) is 11.5 Å². The van der Waals surface area contributed by atoms with Crippen molar-refractivity contribution in [1.29, 1.82) is 0 Å². The van der Waals surface area contributed by atoms with Crippen LogP contribution in [-0.2, 0) is 4.79 Å². The van der Waals surface area contributed by atoms with Crippen LogP contribution in [0.1, 0.15) is 27.7 Å². The van der Waals surface area contributed by atoms with Gasteiger partial charge >= 0.3 is 0 Å². The maximum Gasteiger partial charge on any atom is 0.262 e. The van der Waals surface area contributed by atoms with Crippen LogP contribution in [-0.4, -0.2) is 37.0 Å².